The number of halogens is 2. The first-order valence-corrected chi connectivity index (χ1v) is 10.7. The lowest BCUT2D eigenvalue weighted by molar-refractivity contribution is -0.114. The number of hydrogen-bond acceptors (Lipinski definition) is 7. The number of phenols is 1. The average molecular weight is 583 g/mol. The Bertz CT molecular complexity index is 880. The summed E-state index contributed by atoms with van der Waals surface area (Å²) in [7, 11) is 0. The molecular weight excluding hydrogens is 572 g/mol. The van der Waals surface area contributed by atoms with Crippen LogP contribution in [0, 0.1) is 12.5 Å². The van der Waals surface area contributed by atoms with Gasteiger partial charge in [0.05, 0.1) is 13.5 Å². The molecule has 1 aromatic heterocycles. The van der Waals surface area contributed by atoms with Gasteiger partial charge in [-0.2, -0.15) is 0 Å². The smallest absolute Gasteiger partial charge is 0.186 e. The zero-order chi connectivity index (χ0) is 17.4. The number of nitrogens with zero attached hydrogens (tertiary/aromatic N) is 2. The fraction of sp³-hybridized carbons (Fsp3) is 0.200. The average Bonchev–Trinajstić information content (AvgIpc) is 3.09. The van der Waals surface area contributed by atoms with E-state index >= 15 is 0 Å². The largest absolute Gasteiger partial charge is 0.506 e. The normalized spacial score (nSPS) is 19.5. The lowest BCUT2D eigenvalue weighted by atomic mass is 10.0. The minimum atomic E-state index is -0.664. The topological polar surface area (TPSA) is 86.9 Å². The standard InChI is InChI=1S/C15H11I2N3O2S2/c1-2-10-19-20-15(24-10)11-13(22)9(23-14(11)18)4-6-3-7(16)5-8(17)12(6)21/h3-5,11,18,21H,2H2,1H3/b9-4-,18-14?/t11-/m0/s1. The van der Waals surface area contributed by atoms with E-state index < -0.39 is 5.92 Å². The maximum absolute atomic E-state index is 12.7. The highest BCUT2D eigenvalue weighted by molar-refractivity contribution is 14.1. The molecule has 3 rings (SSSR count). The number of thioether (sulfide) groups is 1. The Morgan fingerprint density at radius 3 is 2.79 bits per heavy atom. The number of ketones is 1. The van der Waals surface area contributed by atoms with Crippen molar-refractivity contribution < 1.29 is 9.90 Å². The third kappa shape index (κ3) is 3.53. The Kier molecular flexibility index (Phi) is 5.62. The number of hydrogen-bond donors (Lipinski definition) is 2. The molecule has 1 fully saturated rings. The Labute approximate surface area is 174 Å². The van der Waals surface area contributed by atoms with Crippen molar-refractivity contribution in [2.75, 3.05) is 0 Å². The first-order valence-electron chi connectivity index (χ1n) is 6.93. The third-order valence-corrected chi connectivity index (χ3v) is 6.94. The van der Waals surface area contributed by atoms with E-state index in [2.05, 4.69) is 55.4 Å². The van der Waals surface area contributed by atoms with Crippen molar-refractivity contribution in [3.05, 3.63) is 39.8 Å². The van der Waals surface area contributed by atoms with Crippen LogP contribution >= 0.6 is 68.3 Å². The summed E-state index contributed by atoms with van der Waals surface area (Å²) in [5, 5.41) is 28.1. The summed E-state index contributed by atoms with van der Waals surface area (Å²) in [6.07, 6.45) is 2.42. The van der Waals surface area contributed by atoms with E-state index in [-0.39, 0.29) is 16.6 Å². The van der Waals surface area contributed by atoms with Crippen LogP contribution in [0.1, 0.15) is 28.4 Å². The van der Waals surface area contributed by atoms with Gasteiger partial charge in [-0.3, -0.25) is 10.2 Å². The van der Waals surface area contributed by atoms with Crippen LogP contribution in [0.3, 0.4) is 0 Å². The minimum absolute atomic E-state index is 0.149. The molecule has 0 saturated carbocycles. The summed E-state index contributed by atoms with van der Waals surface area (Å²) in [6, 6.07) is 3.68. The number of phenolic OH excluding ortho intramolecular Hbond substituents is 1. The molecule has 1 atom stereocenters. The maximum atomic E-state index is 12.7. The predicted molar refractivity (Wildman–Crippen MR) is 114 cm³/mol. The number of allylic oxidation sites excluding steroid dienone is 1. The molecule has 2 aromatic rings. The van der Waals surface area contributed by atoms with Gasteiger partial charge in [0.15, 0.2) is 5.78 Å². The number of aromatic nitrogens is 2. The van der Waals surface area contributed by atoms with Crippen molar-refractivity contribution in [3.63, 3.8) is 0 Å². The van der Waals surface area contributed by atoms with E-state index in [4.69, 9.17) is 5.41 Å². The lowest BCUT2D eigenvalue weighted by Gasteiger charge is -2.04. The second-order valence-corrected chi connectivity index (χ2v) is 9.57. The third-order valence-electron chi connectivity index (χ3n) is 3.36. The van der Waals surface area contributed by atoms with Gasteiger partial charge in [0.1, 0.15) is 21.7 Å². The Morgan fingerprint density at radius 2 is 2.12 bits per heavy atom. The molecule has 124 valence electrons. The van der Waals surface area contributed by atoms with E-state index in [9.17, 15) is 9.90 Å². The summed E-state index contributed by atoms with van der Waals surface area (Å²) < 4.78 is 1.70. The van der Waals surface area contributed by atoms with Crippen LogP contribution in [0.25, 0.3) is 6.08 Å². The molecule has 24 heavy (non-hydrogen) atoms. The number of carbonyl (C=O) groups is 1. The van der Waals surface area contributed by atoms with Crippen LogP contribution < -0.4 is 0 Å². The molecule has 0 radical (unpaired) electrons. The number of aryl methyl sites for hydroxylation is 1. The van der Waals surface area contributed by atoms with Gasteiger partial charge in [0, 0.05) is 9.13 Å². The molecule has 1 aliphatic rings. The van der Waals surface area contributed by atoms with Crippen LogP contribution in [-0.4, -0.2) is 26.1 Å². The Balaban J connectivity index is 1.97. The van der Waals surface area contributed by atoms with Gasteiger partial charge in [-0.15, -0.1) is 21.5 Å². The summed E-state index contributed by atoms with van der Waals surface area (Å²) in [6.45, 7) is 1.98. The number of benzene rings is 1. The zero-order valence-electron chi connectivity index (χ0n) is 12.3. The van der Waals surface area contributed by atoms with E-state index in [1.54, 1.807) is 6.08 Å². The fourth-order valence-electron chi connectivity index (χ4n) is 2.18. The number of Topliss-reactive ketones (excluding diaryl/α,β-unsaturated/α-hetero) is 1. The molecule has 0 amide bonds. The zero-order valence-corrected chi connectivity index (χ0v) is 18.3. The summed E-state index contributed by atoms with van der Waals surface area (Å²) in [5.74, 6) is -0.670. The molecule has 2 N–H and O–H groups in total. The number of nitrogens with one attached hydrogen (secondary N) is 1. The molecular formula is C15H11I2N3O2S2. The van der Waals surface area contributed by atoms with Crippen LogP contribution in [0.15, 0.2) is 17.0 Å². The molecule has 1 saturated heterocycles. The van der Waals surface area contributed by atoms with Crippen molar-refractivity contribution in [3.8, 4) is 5.75 Å². The van der Waals surface area contributed by atoms with E-state index in [1.807, 2.05) is 19.1 Å². The van der Waals surface area contributed by atoms with E-state index in [0.717, 1.165) is 30.3 Å². The molecule has 0 unspecified atom stereocenters. The van der Waals surface area contributed by atoms with Crippen molar-refractivity contribution >= 4 is 85.2 Å². The predicted octanol–water partition coefficient (Wildman–Crippen LogP) is 4.43. The molecule has 2 heterocycles. The van der Waals surface area contributed by atoms with Gasteiger partial charge in [-0.1, -0.05) is 18.7 Å². The van der Waals surface area contributed by atoms with Crippen molar-refractivity contribution in [2.24, 2.45) is 0 Å². The highest BCUT2D eigenvalue weighted by atomic mass is 127. The molecule has 0 bridgehead atoms. The molecule has 0 aliphatic carbocycles. The van der Waals surface area contributed by atoms with Crippen LogP contribution in [-0.2, 0) is 11.2 Å². The quantitative estimate of drug-likeness (QED) is 0.413. The van der Waals surface area contributed by atoms with Crippen LogP contribution in [0.2, 0.25) is 0 Å². The van der Waals surface area contributed by atoms with Crippen LogP contribution in [0.4, 0.5) is 0 Å². The van der Waals surface area contributed by atoms with Gasteiger partial charge in [-0.25, -0.2) is 0 Å². The van der Waals surface area contributed by atoms with Gasteiger partial charge >= 0.3 is 0 Å². The Morgan fingerprint density at radius 1 is 1.38 bits per heavy atom. The molecule has 9 heteroatoms. The summed E-state index contributed by atoms with van der Waals surface area (Å²) >= 11 is 6.73. The minimum Gasteiger partial charge on any atom is -0.506 e. The van der Waals surface area contributed by atoms with Crippen molar-refractivity contribution in [2.45, 2.75) is 19.3 Å². The Hall–Kier alpha value is -0.530. The van der Waals surface area contributed by atoms with Gasteiger partial charge in [-0.05, 0) is 69.8 Å². The molecule has 0 spiro atoms. The first kappa shape index (κ1) is 18.3. The maximum Gasteiger partial charge on any atom is 0.186 e. The number of rotatable bonds is 3. The molecule has 1 aliphatic heterocycles. The lowest BCUT2D eigenvalue weighted by Crippen LogP contribution is -2.11. The van der Waals surface area contributed by atoms with E-state index in [1.165, 1.54) is 11.3 Å². The monoisotopic (exact) mass is 583 g/mol. The molecule has 5 nitrogen and oxygen atoms in total. The SMILES string of the molecule is CCc1nnc([C@@H]2C(=N)S/C(=C\c3cc(I)cc(I)c3O)C2=O)s1. The number of carbonyl (C=O) groups excluding carboxylic acids is 1. The second-order valence-electron chi connectivity index (χ2n) is 4.99. The van der Waals surface area contributed by atoms with Crippen molar-refractivity contribution in [1.82, 2.24) is 10.2 Å². The number of aromatic hydroxyl groups is 1. The summed E-state index contributed by atoms with van der Waals surface area (Å²) in [4.78, 5) is 13.2. The van der Waals surface area contributed by atoms with E-state index in [0.29, 0.717) is 15.5 Å². The summed E-state index contributed by atoms with van der Waals surface area (Å²) in [5.41, 5.74) is 0.585. The highest BCUT2D eigenvalue weighted by Gasteiger charge is 2.39. The first-order chi connectivity index (χ1) is 11.4. The highest BCUT2D eigenvalue weighted by Crippen LogP contribution is 2.42. The van der Waals surface area contributed by atoms with Gasteiger partial charge < -0.3 is 5.11 Å². The van der Waals surface area contributed by atoms with Gasteiger partial charge in [0.25, 0.3) is 0 Å². The molecule has 1 aromatic carbocycles. The second kappa shape index (κ2) is 7.38. The fourth-order valence-corrected chi connectivity index (χ4v) is 6.01. The van der Waals surface area contributed by atoms with Gasteiger partial charge in [0.2, 0.25) is 0 Å². The van der Waals surface area contributed by atoms with Crippen LogP contribution in [0.5, 0.6) is 5.75 Å². The van der Waals surface area contributed by atoms with Crippen molar-refractivity contribution in [1.29, 1.82) is 5.41 Å².